The number of aromatic hydroxyl groups is 1. The summed E-state index contributed by atoms with van der Waals surface area (Å²) in [7, 11) is -15.5. The van der Waals surface area contributed by atoms with Crippen molar-refractivity contribution >= 4 is 181 Å². The van der Waals surface area contributed by atoms with Gasteiger partial charge in [-0.25, -0.2) is 9.55 Å². The van der Waals surface area contributed by atoms with E-state index < -0.39 is 94.2 Å². The molecule has 0 aliphatic heterocycles. The van der Waals surface area contributed by atoms with Crippen LogP contribution in [0.3, 0.4) is 0 Å². The van der Waals surface area contributed by atoms with Crippen LogP contribution in [0.25, 0.3) is 10.8 Å². The molecule has 0 bridgehead atoms. The standard InChI is InChI=1S/C18H15N4O14PS2.4Na/c1-8-17(24)13(6-23)14(7-36-37(27,28)29)18(19-8)21-20-9-2-11-12(15(3-9)38(30,31)32)4-10(22(25)26)5-16(11)39(33,34)35;;;;/h2-6,24H,7H2,1H3,(H2,27,28,29)(H,30,31,32)(H,33,34,35);;;;. The first-order valence-corrected chi connectivity index (χ1v) is 14.2. The second-order valence-electron chi connectivity index (χ2n) is 7.53. The molecule has 0 unspecified atom stereocenters. The average Bonchev–Trinajstić information content (AvgIpc) is 2.80. The van der Waals surface area contributed by atoms with Gasteiger partial charge in [0.1, 0.15) is 15.5 Å². The number of hydrogen-bond acceptors (Lipinski definition) is 13. The molecule has 18 nitrogen and oxygen atoms in total. The van der Waals surface area contributed by atoms with Crippen LogP contribution in [0.2, 0.25) is 0 Å². The summed E-state index contributed by atoms with van der Waals surface area (Å²) in [6.45, 7) is 0.227. The Hall–Kier alpha value is 0.250. The van der Waals surface area contributed by atoms with Gasteiger partial charge in [0.15, 0.2) is 12.1 Å². The molecule has 0 spiro atoms. The van der Waals surface area contributed by atoms with Crippen molar-refractivity contribution in [1.29, 1.82) is 0 Å². The zero-order valence-electron chi connectivity index (χ0n) is 23.1. The Kier molecular flexibility index (Phi) is 18.4. The maximum Gasteiger partial charge on any atom is 0.469 e. The van der Waals surface area contributed by atoms with Crippen LogP contribution in [0.5, 0.6) is 5.75 Å². The minimum absolute atomic E-state index is 0. The van der Waals surface area contributed by atoms with Crippen LogP contribution in [0.1, 0.15) is 21.6 Å². The summed E-state index contributed by atoms with van der Waals surface area (Å²) in [5, 5.41) is 27.4. The Morgan fingerprint density at radius 2 is 1.49 bits per heavy atom. The minimum atomic E-state index is -5.20. The molecule has 0 saturated heterocycles. The molecule has 1 aromatic heterocycles. The number of hydrogen-bond donors (Lipinski definition) is 5. The molecule has 0 amide bonds. The molecule has 43 heavy (non-hydrogen) atoms. The van der Waals surface area contributed by atoms with Crippen molar-refractivity contribution in [2.45, 2.75) is 23.3 Å². The van der Waals surface area contributed by atoms with Crippen molar-refractivity contribution in [3.05, 3.63) is 51.2 Å². The van der Waals surface area contributed by atoms with Crippen LogP contribution in [-0.4, -0.2) is 175 Å². The molecule has 0 saturated carbocycles. The van der Waals surface area contributed by atoms with E-state index in [0.29, 0.717) is 18.2 Å². The molecule has 0 fully saturated rings. The zero-order chi connectivity index (χ0) is 29.5. The summed E-state index contributed by atoms with van der Waals surface area (Å²) in [6, 6.07) is 2.54. The van der Waals surface area contributed by atoms with Crippen molar-refractivity contribution in [3.8, 4) is 5.75 Å². The van der Waals surface area contributed by atoms with E-state index in [0.717, 1.165) is 6.07 Å². The van der Waals surface area contributed by atoms with Crippen LogP contribution in [0.15, 0.2) is 44.3 Å². The molecule has 212 valence electrons. The Bertz CT molecular complexity index is 1850. The van der Waals surface area contributed by atoms with E-state index in [4.69, 9.17) is 9.79 Å². The Morgan fingerprint density at radius 1 is 0.977 bits per heavy atom. The van der Waals surface area contributed by atoms with E-state index in [2.05, 4.69) is 19.7 Å². The van der Waals surface area contributed by atoms with E-state index in [1.54, 1.807) is 0 Å². The largest absolute Gasteiger partial charge is 0.505 e. The van der Waals surface area contributed by atoms with Crippen molar-refractivity contribution in [2.75, 3.05) is 0 Å². The van der Waals surface area contributed by atoms with Gasteiger partial charge < -0.3 is 14.9 Å². The molecular weight excluding hydrogens is 683 g/mol. The minimum Gasteiger partial charge on any atom is -0.505 e. The Labute approximate surface area is 331 Å². The summed E-state index contributed by atoms with van der Waals surface area (Å²) in [5.74, 6) is -1.22. The van der Waals surface area contributed by atoms with Gasteiger partial charge in [0.2, 0.25) is 0 Å². The third-order valence-electron chi connectivity index (χ3n) is 4.95. The maximum absolute atomic E-state index is 12.0. The van der Waals surface area contributed by atoms with Crippen LogP contribution < -0.4 is 0 Å². The number of aldehydes is 1. The van der Waals surface area contributed by atoms with Gasteiger partial charge in [0, 0.05) is 147 Å². The monoisotopic (exact) mass is 698 g/mol. The number of carbonyl (C=O) groups excluding carboxylic acids is 1. The molecule has 0 aliphatic rings. The molecule has 25 heteroatoms. The fourth-order valence-corrected chi connectivity index (χ4v) is 5.03. The molecule has 3 rings (SSSR count). The number of non-ortho nitro benzene ring substituents is 1. The third-order valence-corrected chi connectivity index (χ3v) is 7.20. The average molecular weight is 698 g/mol. The van der Waals surface area contributed by atoms with Gasteiger partial charge in [-0.15, -0.1) is 10.2 Å². The van der Waals surface area contributed by atoms with E-state index in [9.17, 15) is 50.5 Å². The number of pyridine rings is 1. The van der Waals surface area contributed by atoms with Crippen LogP contribution in [0, 0.1) is 17.0 Å². The number of benzene rings is 2. The van der Waals surface area contributed by atoms with Crippen LogP contribution in [0.4, 0.5) is 17.2 Å². The number of phosphoric ester groups is 1. The maximum atomic E-state index is 12.0. The predicted molar refractivity (Wildman–Crippen MR) is 150 cm³/mol. The first-order chi connectivity index (χ1) is 17.8. The molecule has 0 atom stereocenters. The van der Waals surface area contributed by atoms with Gasteiger partial charge in [-0.05, 0) is 19.1 Å². The summed E-state index contributed by atoms with van der Waals surface area (Å²) in [5.41, 5.74) is -2.64. The van der Waals surface area contributed by atoms with E-state index in [-0.39, 0.29) is 130 Å². The summed E-state index contributed by atoms with van der Waals surface area (Å²) < 4.78 is 82.7. The van der Waals surface area contributed by atoms with Crippen LogP contribution >= 0.6 is 7.82 Å². The Morgan fingerprint density at radius 3 is 1.95 bits per heavy atom. The fourth-order valence-electron chi connectivity index (χ4n) is 3.30. The van der Waals surface area contributed by atoms with E-state index >= 15 is 0 Å². The number of nitro groups is 1. The number of nitrogens with zero attached hydrogens (tertiary/aromatic N) is 4. The Balaban J connectivity index is 0. The molecule has 2 aromatic carbocycles. The van der Waals surface area contributed by atoms with Gasteiger partial charge in [-0.2, -0.15) is 16.8 Å². The van der Waals surface area contributed by atoms with Crippen LogP contribution in [-0.2, 0) is 35.9 Å². The third kappa shape index (κ3) is 11.5. The van der Waals surface area contributed by atoms with Gasteiger partial charge >= 0.3 is 7.82 Å². The smallest absolute Gasteiger partial charge is 0.469 e. The number of fused-ring (bicyclic) bond motifs is 1. The van der Waals surface area contributed by atoms with Crippen molar-refractivity contribution in [3.63, 3.8) is 0 Å². The van der Waals surface area contributed by atoms with Crippen molar-refractivity contribution in [1.82, 2.24) is 4.98 Å². The molecule has 0 aliphatic carbocycles. The number of aromatic nitrogens is 1. The van der Waals surface area contributed by atoms with Gasteiger partial charge in [-0.3, -0.25) is 28.5 Å². The molecular formula is C18H15N4Na4O14PS2. The topological polar surface area (TPSA) is 294 Å². The number of carbonyl (C=O) groups is 1. The number of rotatable bonds is 9. The fraction of sp³-hybridized carbons (Fsp3) is 0.111. The number of nitro benzene ring substituents is 1. The number of azo groups is 1. The van der Waals surface area contributed by atoms with E-state index in [1.165, 1.54) is 6.92 Å². The number of aryl methyl sites for hydroxylation is 1. The summed E-state index contributed by atoms with van der Waals surface area (Å²) >= 11 is 0. The second kappa shape index (κ2) is 17.4. The van der Waals surface area contributed by atoms with Gasteiger partial charge in [-0.1, -0.05) is 0 Å². The zero-order valence-corrected chi connectivity index (χ0v) is 33.6. The van der Waals surface area contributed by atoms with Crippen molar-refractivity contribution in [2.24, 2.45) is 10.2 Å². The van der Waals surface area contributed by atoms with Gasteiger partial charge in [0.25, 0.3) is 25.9 Å². The second-order valence-corrected chi connectivity index (χ2v) is 11.6. The molecule has 5 N–H and O–H groups in total. The molecule has 4 radical (unpaired) electrons. The van der Waals surface area contributed by atoms with Crippen molar-refractivity contribution < 1.29 is 59.6 Å². The molecule has 3 aromatic rings. The molecule has 1 heterocycles. The first-order valence-electron chi connectivity index (χ1n) is 9.84. The predicted octanol–water partition coefficient (Wildman–Crippen LogP) is 0.964. The summed E-state index contributed by atoms with van der Waals surface area (Å²) in [6.07, 6.45) is 0.110. The first kappa shape index (κ1) is 45.4. The van der Waals surface area contributed by atoms with Gasteiger partial charge in [0.05, 0.1) is 28.5 Å². The number of phosphoric acid groups is 1. The quantitative estimate of drug-likeness (QED) is 0.0396. The normalized spacial score (nSPS) is 11.6. The van der Waals surface area contributed by atoms with E-state index in [1.807, 2.05) is 0 Å². The summed E-state index contributed by atoms with van der Waals surface area (Å²) in [4.78, 5) is 41.3. The SMILES string of the molecule is Cc1nc(N=Nc2cc(S(=O)(=O)O)c3cc([N+](=O)[O-])cc(S(=O)(=O)O)c3c2)c(COP(=O)(O)O)c(C=O)c1O.[Na].[Na].[Na].[Na].